The molecule has 7 nitrogen and oxygen atoms in total. The van der Waals surface area contributed by atoms with Gasteiger partial charge in [0.25, 0.3) is 0 Å². The second-order valence-electron chi connectivity index (χ2n) is 5.77. The molecule has 1 aromatic carbocycles. The lowest BCUT2D eigenvalue weighted by molar-refractivity contribution is -0.159. The van der Waals surface area contributed by atoms with Crippen molar-refractivity contribution in [2.75, 3.05) is 40.0 Å². The van der Waals surface area contributed by atoms with E-state index in [1.54, 1.807) is 12.1 Å². The van der Waals surface area contributed by atoms with E-state index in [0.29, 0.717) is 6.61 Å². The molecule has 0 radical (unpaired) electrons. The van der Waals surface area contributed by atoms with Gasteiger partial charge in [0.2, 0.25) is 0 Å². The van der Waals surface area contributed by atoms with Crippen LogP contribution in [-0.2, 0) is 14.3 Å². The number of carbonyl (C=O) groups is 2. The molecule has 0 aliphatic heterocycles. The van der Waals surface area contributed by atoms with Crippen LogP contribution in [0.25, 0.3) is 6.08 Å². The molecule has 0 saturated carbocycles. The van der Waals surface area contributed by atoms with Gasteiger partial charge in [-0.3, -0.25) is 0 Å². The third-order valence-corrected chi connectivity index (χ3v) is 3.63. The van der Waals surface area contributed by atoms with Gasteiger partial charge in [-0.05, 0) is 43.6 Å². The van der Waals surface area contributed by atoms with Crippen molar-refractivity contribution >= 4 is 18.0 Å². The Hall–Kier alpha value is -2.45. The Morgan fingerprint density at radius 3 is 2.27 bits per heavy atom. The Labute approximate surface area is 179 Å². The van der Waals surface area contributed by atoms with E-state index in [9.17, 15) is 4.39 Å². The minimum atomic E-state index is -1.82. The number of hydrogen-bond donors (Lipinski definition) is 2. The van der Waals surface area contributed by atoms with Gasteiger partial charge in [-0.1, -0.05) is 45.9 Å². The number of hydrogen-bond acceptors (Lipinski definition) is 5. The fourth-order valence-electron chi connectivity index (χ4n) is 2.25. The minimum absolute atomic E-state index is 0.263. The molecule has 0 unspecified atom stereocenters. The maximum atomic E-state index is 13.3. The lowest BCUT2D eigenvalue weighted by Crippen LogP contribution is -2.26. The number of rotatable bonds is 11. The molecular formula is C22H36FNO6. The van der Waals surface area contributed by atoms with E-state index in [1.165, 1.54) is 19.6 Å². The molecular weight excluding hydrogens is 393 g/mol. The Bertz CT molecular complexity index is 610. The summed E-state index contributed by atoms with van der Waals surface area (Å²) in [6.45, 7) is 13.1. The molecule has 0 aromatic heterocycles. The molecule has 0 atom stereocenters. The number of aliphatic carboxylic acids is 2. The van der Waals surface area contributed by atoms with E-state index in [4.69, 9.17) is 29.3 Å². The molecule has 0 spiro atoms. The summed E-state index contributed by atoms with van der Waals surface area (Å²) >= 11 is 0. The second kappa shape index (κ2) is 19.8. The van der Waals surface area contributed by atoms with Gasteiger partial charge >= 0.3 is 11.9 Å². The first-order chi connectivity index (χ1) is 14.3. The van der Waals surface area contributed by atoms with Gasteiger partial charge in [-0.2, -0.15) is 0 Å². The van der Waals surface area contributed by atoms with Crippen LogP contribution in [0.2, 0.25) is 0 Å². The van der Waals surface area contributed by atoms with Crippen molar-refractivity contribution in [2.45, 2.75) is 40.5 Å². The monoisotopic (exact) mass is 429 g/mol. The minimum Gasteiger partial charge on any atom is -0.494 e. The standard InChI is InChI=1S/C18H28FNO2.C2H2O4.C2H6/c1-4-11-20(5-2)12-7-14-22-13-6-8-16-9-10-17(19)18(15-16)21-3;3-1(4)2(5)6;1-2/h6,8-10,15H,4-5,7,11-14H2,1-3H3;(H,3,4)(H,5,6);1-2H3/b8-6+;;. The topological polar surface area (TPSA) is 96.3 Å². The van der Waals surface area contributed by atoms with Crippen LogP contribution in [0, 0.1) is 5.82 Å². The number of ether oxygens (including phenoxy) is 2. The van der Waals surface area contributed by atoms with Crippen molar-refractivity contribution < 1.29 is 33.7 Å². The Morgan fingerprint density at radius 1 is 1.13 bits per heavy atom. The lowest BCUT2D eigenvalue weighted by Gasteiger charge is -2.18. The van der Waals surface area contributed by atoms with E-state index < -0.39 is 11.9 Å². The predicted molar refractivity (Wildman–Crippen MR) is 116 cm³/mol. The van der Waals surface area contributed by atoms with Crippen molar-refractivity contribution in [2.24, 2.45) is 0 Å². The summed E-state index contributed by atoms with van der Waals surface area (Å²) in [4.78, 5) is 20.6. The van der Waals surface area contributed by atoms with E-state index in [2.05, 4.69) is 18.7 Å². The summed E-state index contributed by atoms with van der Waals surface area (Å²) in [6, 6.07) is 4.81. The highest BCUT2D eigenvalue weighted by Gasteiger charge is 2.04. The number of carboxylic acid groups (broad SMARTS) is 2. The summed E-state index contributed by atoms with van der Waals surface area (Å²) < 4.78 is 23.8. The zero-order valence-electron chi connectivity index (χ0n) is 18.7. The van der Waals surface area contributed by atoms with Gasteiger partial charge in [0.1, 0.15) is 0 Å². The molecule has 2 N–H and O–H groups in total. The number of carboxylic acids is 2. The first kappa shape index (κ1) is 29.7. The first-order valence-corrected chi connectivity index (χ1v) is 10.1. The zero-order valence-corrected chi connectivity index (χ0v) is 18.7. The van der Waals surface area contributed by atoms with E-state index >= 15 is 0 Å². The van der Waals surface area contributed by atoms with Gasteiger partial charge in [0.05, 0.1) is 13.7 Å². The fraction of sp³-hybridized carbons (Fsp3) is 0.545. The van der Waals surface area contributed by atoms with Gasteiger partial charge in [-0.25, -0.2) is 14.0 Å². The maximum absolute atomic E-state index is 13.3. The van der Waals surface area contributed by atoms with Crippen LogP contribution >= 0.6 is 0 Å². The van der Waals surface area contributed by atoms with Crippen molar-refractivity contribution in [3.05, 3.63) is 35.7 Å². The molecule has 0 heterocycles. The lowest BCUT2D eigenvalue weighted by atomic mass is 10.2. The van der Waals surface area contributed by atoms with Gasteiger partial charge < -0.3 is 24.6 Å². The highest BCUT2D eigenvalue weighted by Crippen LogP contribution is 2.18. The van der Waals surface area contributed by atoms with E-state index in [0.717, 1.165) is 38.2 Å². The van der Waals surface area contributed by atoms with Crippen LogP contribution in [0.4, 0.5) is 4.39 Å². The largest absolute Gasteiger partial charge is 0.494 e. The van der Waals surface area contributed by atoms with Crippen LogP contribution in [0.5, 0.6) is 5.75 Å². The summed E-state index contributed by atoms with van der Waals surface area (Å²) in [5, 5.41) is 14.8. The van der Waals surface area contributed by atoms with Gasteiger partial charge in [0.15, 0.2) is 11.6 Å². The van der Waals surface area contributed by atoms with Crippen molar-refractivity contribution in [3.63, 3.8) is 0 Å². The Kier molecular flexibility index (Phi) is 19.7. The molecule has 0 aliphatic rings. The molecule has 1 aromatic rings. The average Bonchev–Trinajstić information content (AvgIpc) is 2.75. The molecule has 0 aliphatic carbocycles. The van der Waals surface area contributed by atoms with Crippen molar-refractivity contribution in [1.29, 1.82) is 0 Å². The smallest absolute Gasteiger partial charge is 0.414 e. The Balaban J connectivity index is 0. The van der Waals surface area contributed by atoms with Crippen LogP contribution in [0.15, 0.2) is 24.3 Å². The summed E-state index contributed by atoms with van der Waals surface area (Å²) in [5.41, 5.74) is 0.905. The first-order valence-electron chi connectivity index (χ1n) is 10.1. The summed E-state index contributed by atoms with van der Waals surface area (Å²) in [5.74, 6) is -3.73. The normalized spacial score (nSPS) is 10.1. The van der Waals surface area contributed by atoms with Gasteiger partial charge in [0, 0.05) is 13.2 Å². The molecule has 172 valence electrons. The van der Waals surface area contributed by atoms with Crippen LogP contribution in [0.3, 0.4) is 0 Å². The third-order valence-electron chi connectivity index (χ3n) is 3.63. The zero-order chi connectivity index (χ0) is 23.4. The SMILES string of the molecule is CC.CCCN(CC)CCCOC/C=C/c1ccc(F)c(OC)c1.O=C(O)C(=O)O. The average molecular weight is 430 g/mol. The van der Waals surface area contributed by atoms with Gasteiger partial charge in [-0.15, -0.1) is 0 Å². The predicted octanol–water partition coefficient (Wildman–Crippen LogP) is 4.17. The highest BCUT2D eigenvalue weighted by atomic mass is 19.1. The third kappa shape index (κ3) is 15.5. The molecule has 0 bridgehead atoms. The maximum Gasteiger partial charge on any atom is 0.414 e. The molecule has 1 rings (SSSR count). The second-order valence-corrected chi connectivity index (χ2v) is 5.77. The molecule has 0 amide bonds. The Morgan fingerprint density at radius 2 is 1.77 bits per heavy atom. The number of nitrogens with zero attached hydrogens (tertiary/aromatic N) is 1. The number of halogens is 1. The summed E-state index contributed by atoms with van der Waals surface area (Å²) in [7, 11) is 1.47. The fourth-order valence-corrected chi connectivity index (χ4v) is 2.25. The van der Waals surface area contributed by atoms with Crippen LogP contribution in [0.1, 0.15) is 46.1 Å². The molecule has 0 saturated heterocycles. The van der Waals surface area contributed by atoms with Crippen molar-refractivity contribution in [1.82, 2.24) is 4.90 Å². The highest BCUT2D eigenvalue weighted by molar-refractivity contribution is 6.27. The van der Waals surface area contributed by atoms with E-state index in [1.807, 2.05) is 26.0 Å². The molecule has 0 fully saturated rings. The van der Waals surface area contributed by atoms with Crippen LogP contribution < -0.4 is 4.74 Å². The van der Waals surface area contributed by atoms with Crippen LogP contribution in [-0.4, -0.2) is 67.0 Å². The van der Waals surface area contributed by atoms with E-state index in [-0.39, 0.29) is 11.6 Å². The number of methoxy groups -OCH3 is 1. The quantitative estimate of drug-likeness (QED) is 0.403. The molecule has 8 heteroatoms. The summed E-state index contributed by atoms with van der Waals surface area (Å²) in [6.07, 6.45) is 6.10. The molecule has 30 heavy (non-hydrogen) atoms. The number of benzene rings is 1. The van der Waals surface area contributed by atoms with Crippen molar-refractivity contribution in [3.8, 4) is 5.75 Å².